The summed E-state index contributed by atoms with van der Waals surface area (Å²) in [5.74, 6) is 0.443. The van der Waals surface area contributed by atoms with Crippen LogP contribution in [0.2, 0.25) is 4.34 Å². The fraction of sp³-hybridized carbons (Fsp3) is 0.231. The summed E-state index contributed by atoms with van der Waals surface area (Å²) in [4.78, 5) is 0. The molecule has 7 heteroatoms. The van der Waals surface area contributed by atoms with Crippen LogP contribution in [0.4, 0.5) is 0 Å². The van der Waals surface area contributed by atoms with Crippen molar-refractivity contribution in [3.8, 4) is 0 Å². The largest absolute Gasteiger partial charge is 0.250 e. The Hall–Kier alpha value is -0.590. The van der Waals surface area contributed by atoms with Crippen LogP contribution in [-0.4, -0.2) is 8.42 Å². The minimum Gasteiger partial charge on any atom is -0.206 e. The predicted molar refractivity (Wildman–Crippen MR) is 84.1 cm³/mol. The van der Waals surface area contributed by atoms with E-state index in [-0.39, 0.29) is 10.8 Å². The number of alkyl halides is 1. The average molecular weight is 350 g/mol. The summed E-state index contributed by atoms with van der Waals surface area (Å²) in [6, 6.07) is 9.04. The van der Waals surface area contributed by atoms with E-state index in [0.29, 0.717) is 10.2 Å². The summed E-state index contributed by atoms with van der Waals surface area (Å²) in [6.45, 7) is 2.02. The van der Waals surface area contributed by atoms with Gasteiger partial charge < -0.3 is 0 Å². The maximum atomic E-state index is 12.1. The molecule has 0 saturated heterocycles. The summed E-state index contributed by atoms with van der Waals surface area (Å²) in [5.41, 5.74) is 2.64. The highest BCUT2D eigenvalue weighted by atomic mass is 35.5. The van der Waals surface area contributed by atoms with Crippen LogP contribution in [0, 0.1) is 6.92 Å². The monoisotopic (exact) mass is 349 g/mol. The van der Waals surface area contributed by atoms with Crippen LogP contribution < -0.4 is 4.72 Å². The van der Waals surface area contributed by atoms with Gasteiger partial charge in [0, 0.05) is 12.4 Å². The standard InChI is InChI=1S/C13H13Cl2NO2S2/c1-9-6-12(19-13(9)15)20(17,18)16-8-11-4-2-10(7-14)3-5-11/h2-6,16H,7-8H2,1H3. The Bertz CT molecular complexity index is 674. The summed E-state index contributed by atoms with van der Waals surface area (Å²) in [7, 11) is -3.52. The zero-order valence-electron chi connectivity index (χ0n) is 10.7. The van der Waals surface area contributed by atoms with Gasteiger partial charge in [-0.05, 0) is 29.7 Å². The van der Waals surface area contributed by atoms with E-state index in [1.54, 1.807) is 13.0 Å². The van der Waals surface area contributed by atoms with E-state index < -0.39 is 10.0 Å². The van der Waals surface area contributed by atoms with Gasteiger partial charge in [-0.2, -0.15) is 0 Å². The van der Waals surface area contributed by atoms with E-state index in [0.717, 1.165) is 28.0 Å². The van der Waals surface area contributed by atoms with Crippen LogP contribution in [0.15, 0.2) is 34.5 Å². The predicted octanol–water partition coefficient (Wildman–Crippen LogP) is 3.93. The molecule has 2 rings (SSSR count). The van der Waals surface area contributed by atoms with Crippen molar-refractivity contribution in [3.63, 3.8) is 0 Å². The second kappa shape index (κ2) is 6.45. The number of hydrogen-bond donors (Lipinski definition) is 1. The Morgan fingerprint density at radius 2 is 1.80 bits per heavy atom. The van der Waals surface area contributed by atoms with Crippen molar-refractivity contribution < 1.29 is 8.42 Å². The third kappa shape index (κ3) is 3.74. The molecule has 108 valence electrons. The number of rotatable bonds is 5. The van der Waals surface area contributed by atoms with E-state index >= 15 is 0 Å². The van der Waals surface area contributed by atoms with E-state index in [2.05, 4.69) is 4.72 Å². The third-order valence-corrected chi connectivity index (χ3v) is 6.48. The van der Waals surface area contributed by atoms with Crippen LogP contribution in [0.25, 0.3) is 0 Å². The fourth-order valence-corrected chi connectivity index (χ4v) is 4.51. The first-order chi connectivity index (χ1) is 9.42. The van der Waals surface area contributed by atoms with E-state index in [1.165, 1.54) is 0 Å². The number of benzene rings is 1. The second-order valence-corrected chi connectivity index (χ2v) is 8.21. The zero-order valence-corrected chi connectivity index (χ0v) is 13.8. The van der Waals surface area contributed by atoms with Gasteiger partial charge in [-0.3, -0.25) is 0 Å². The van der Waals surface area contributed by atoms with Crippen LogP contribution >= 0.6 is 34.5 Å². The maximum Gasteiger partial charge on any atom is 0.250 e. The number of halogens is 2. The molecule has 0 saturated carbocycles. The molecule has 0 aliphatic carbocycles. The molecule has 1 aromatic carbocycles. The van der Waals surface area contributed by atoms with Gasteiger partial charge in [-0.25, -0.2) is 13.1 Å². The van der Waals surface area contributed by atoms with Gasteiger partial charge >= 0.3 is 0 Å². The van der Waals surface area contributed by atoms with Crippen molar-refractivity contribution in [3.05, 3.63) is 51.4 Å². The number of sulfonamides is 1. The molecule has 1 heterocycles. The molecular weight excluding hydrogens is 337 g/mol. The summed E-state index contributed by atoms with van der Waals surface area (Å²) < 4.78 is 27.5. The van der Waals surface area contributed by atoms with Gasteiger partial charge in [0.25, 0.3) is 0 Å². The van der Waals surface area contributed by atoms with Crippen molar-refractivity contribution in [2.24, 2.45) is 0 Å². The molecule has 0 aliphatic rings. The molecule has 0 radical (unpaired) electrons. The summed E-state index contributed by atoms with van der Waals surface area (Å²) >= 11 is 12.7. The van der Waals surface area contributed by atoms with Crippen LogP contribution in [-0.2, 0) is 22.4 Å². The first-order valence-corrected chi connectivity index (χ1v) is 9.03. The molecule has 0 atom stereocenters. The molecular formula is C13H13Cl2NO2S2. The lowest BCUT2D eigenvalue weighted by atomic mass is 10.1. The molecule has 0 fully saturated rings. The van der Waals surface area contributed by atoms with E-state index in [4.69, 9.17) is 23.2 Å². The van der Waals surface area contributed by atoms with Crippen LogP contribution in [0.5, 0.6) is 0 Å². The summed E-state index contributed by atoms with van der Waals surface area (Å²) in [6.07, 6.45) is 0. The SMILES string of the molecule is Cc1cc(S(=O)(=O)NCc2ccc(CCl)cc2)sc1Cl. The molecule has 1 aromatic heterocycles. The van der Waals surface area contributed by atoms with Crippen molar-refractivity contribution in [1.82, 2.24) is 4.72 Å². The smallest absolute Gasteiger partial charge is 0.206 e. The molecule has 2 aromatic rings. The molecule has 0 aliphatic heterocycles. The molecule has 20 heavy (non-hydrogen) atoms. The quantitative estimate of drug-likeness (QED) is 0.831. The lowest BCUT2D eigenvalue weighted by Crippen LogP contribution is -2.22. The Kier molecular flexibility index (Phi) is 5.09. The normalized spacial score (nSPS) is 11.8. The van der Waals surface area contributed by atoms with Gasteiger partial charge in [-0.15, -0.1) is 22.9 Å². The minimum absolute atomic E-state index is 0.234. The minimum atomic E-state index is -3.52. The van der Waals surface area contributed by atoms with Gasteiger partial charge in [0.1, 0.15) is 4.21 Å². The highest BCUT2D eigenvalue weighted by Gasteiger charge is 2.17. The molecule has 0 unspecified atom stereocenters. The zero-order chi connectivity index (χ0) is 14.8. The Morgan fingerprint density at radius 1 is 1.20 bits per heavy atom. The molecule has 0 bridgehead atoms. The van der Waals surface area contributed by atoms with Gasteiger partial charge in [0.05, 0.1) is 4.34 Å². The van der Waals surface area contributed by atoms with E-state index in [1.807, 2.05) is 24.3 Å². The average Bonchev–Trinajstić information content (AvgIpc) is 2.78. The van der Waals surface area contributed by atoms with Crippen LogP contribution in [0.3, 0.4) is 0 Å². The first kappa shape index (κ1) is 15.8. The number of hydrogen-bond acceptors (Lipinski definition) is 3. The third-order valence-electron chi connectivity index (χ3n) is 2.74. The van der Waals surface area contributed by atoms with Gasteiger partial charge in [0.15, 0.2) is 0 Å². The molecule has 0 spiro atoms. The molecule has 3 nitrogen and oxygen atoms in total. The number of aryl methyl sites for hydroxylation is 1. The Balaban J connectivity index is 2.08. The van der Waals surface area contributed by atoms with Crippen molar-refractivity contribution >= 4 is 44.6 Å². The summed E-state index contributed by atoms with van der Waals surface area (Å²) in [5, 5.41) is 0. The molecule has 0 amide bonds. The lowest BCUT2D eigenvalue weighted by Gasteiger charge is -2.05. The van der Waals surface area contributed by atoms with Crippen molar-refractivity contribution in [2.45, 2.75) is 23.6 Å². The molecule has 1 N–H and O–H groups in total. The Labute approximate surface area is 132 Å². The second-order valence-electron chi connectivity index (χ2n) is 4.30. The van der Waals surface area contributed by atoms with Gasteiger partial charge in [-0.1, -0.05) is 35.9 Å². The fourth-order valence-electron chi connectivity index (χ4n) is 1.56. The highest BCUT2D eigenvalue weighted by molar-refractivity contribution is 7.91. The lowest BCUT2D eigenvalue weighted by molar-refractivity contribution is 0.583. The Morgan fingerprint density at radius 3 is 2.30 bits per heavy atom. The number of thiophene rings is 1. The number of nitrogens with one attached hydrogen (secondary N) is 1. The maximum absolute atomic E-state index is 12.1. The highest BCUT2D eigenvalue weighted by Crippen LogP contribution is 2.29. The van der Waals surface area contributed by atoms with Crippen molar-refractivity contribution in [2.75, 3.05) is 0 Å². The topological polar surface area (TPSA) is 46.2 Å². The van der Waals surface area contributed by atoms with Crippen molar-refractivity contribution in [1.29, 1.82) is 0 Å². The van der Waals surface area contributed by atoms with Crippen LogP contribution in [0.1, 0.15) is 16.7 Å². The first-order valence-electron chi connectivity index (χ1n) is 5.82. The van der Waals surface area contributed by atoms with Gasteiger partial charge in [0.2, 0.25) is 10.0 Å². The van der Waals surface area contributed by atoms with E-state index in [9.17, 15) is 8.42 Å².